The van der Waals surface area contributed by atoms with E-state index in [2.05, 4.69) is 12.2 Å². The maximum atomic E-state index is 5.74. The van der Waals surface area contributed by atoms with Gasteiger partial charge >= 0.3 is 0 Å². The van der Waals surface area contributed by atoms with Crippen molar-refractivity contribution in [3.63, 3.8) is 0 Å². The van der Waals surface area contributed by atoms with Crippen molar-refractivity contribution in [2.45, 2.75) is 38.0 Å². The first-order valence-electron chi connectivity index (χ1n) is 4.85. The molecular weight excluding hydrogens is 154 g/mol. The number of fused-ring (bicyclic) bond motifs is 1. The predicted molar refractivity (Wildman–Crippen MR) is 46.2 cm³/mol. The predicted octanol–water partition coefficient (Wildman–Crippen LogP) is 0.542. The molecule has 3 heteroatoms. The molecule has 0 aliphatic carbocycles. The standard InChI is InChI=1S/C9H17NO2/c1-2-7-5-12-9-3-4-11-6-8(9)10-7/h7-10H,2-6H2,1H3. The van der Waals surface area contributed by atoms with Crippen LogP contribution in [-0.4, -0.2) is 38.0 Å². The van der Waals surface area contributed by atoms with Crippen molar-refractivity contribution in [3.8, 4) is 0 Å². The highest BCUT2D eigenvalue weighted by atomic mass is 16.5. The summed E-state index contributed by atoms with van der Waals surface area (Å²) in [6, 6.07) is 0.977. The normalized spacial score (nSPS) is 42.2. The van der Waals surface area contributed by atoms with Crippen molar-refractivity contribution in [2.75, 3.05) is 19.8 Å². The van der Waals surface area contributed by atoms with Crippen LogP contribution in [0.25, 0.3) is 0 Å². The highest BCUT2D eigenvalue weighted by Gasteiger charge is 2.32. The monoisotopic (exact) mass is 171 g/mol. The van der Waals surface area contributed by atoms with E-state index in [1.165, 1.54) is 0 Å². The van der Waals surface area contributed by atoms with Crippen molar-refractivity contribution in [1.82, 2.24) is 5.32 Å². The molecule has 0 amide bonds. The molecule has 0 saturated carbocycles. The molecule has 12 heavy (non-hydrogen) atoms. The molecule has 3 nitrogen and oxygen atoms in total. The SMILES string of the molecule is CCC1COC2CCOCC2N1. The third kappa shape index (κ3) is 1.63. The van der Waals surface area contributed by atoms with E-state index in [1.54, 1.807) is 0 Å². The highest BCUT2D eigenvalue weighted by Crippen LogP contribution is 2.17. The van der Waals surface area contributed by atoms with E-state index in [0.717, 1.165) is 32.7 Å². The van der Waals surface area contributed by atoms with Crippen LogP contribution in [0.3, 0.4) is 0 Å². The number of morpholine rings is 1. The largest absolute Gasteiger partial charge is 0.380 e. The summed E-state index contributed by atoms with van der Waals surface area (Å²) in [7, 11) is 0. The van der Waals surface area contributed by atoms with Gasteiger partial charge in [0.05, 0.1) is 25.4 Å². The first-order chi connectivity index (χ1) is 5.90. The van der Waals surface area contributed by atoms with Crippen LogP contribution in [0.5, 0.6) is 0 Å². The topological polar surface area (TPSA) is 30.5 Å². The van der Waals surface area contributed by atoms with Gasteiger partial charge < -0.3 is 14.8 Å². The van der Waals surface area contributed by atoms with Gasteiger partial charge in [-0.05, 0) is 12.8 Å². The summed E-state index contributed by atoms with van der Waals surface area (Å²) in [5, 5.41) is 3.56. The fourth-order valence-electron chi connectivity index (χ4n) is 1.90. The summed E-state index contributed by atoms with van der Waals surface area (Å²) >= 11 is 0. The number of nitrogens with one attached hydrogen (secondary N) is 1. The zero-order valence-electron chi connectivity index (χ0n) is 7.58. The van der Waals surface area contributed by atoms with Crippen molar-refractivity contribution < 1.29 is 9.47 Å². The number of rotatable bonds is 1. The van der Waals surface area contributed by atoms with E-state index in [-0.39, 0.29) is 0 Å². The van der Waals surface area contributed by atoms with Gasteiger partial charge in [-0.15, -0.1) is 0 Å². The number of hydrogen-bond donors (Lipinski definition) is 1. The number of ether oxygens (including phenoxy) is 2. The van der Waals surface area contributed by atoms with Crippen LogP contribution in [0.2, 0.25) is 0 Å². The minimum absolute atomic E-state index is 0.404. The van der Waals surface area contributed by atoms with Gasteiger partial charge in [0.15, 0.2) is 0 Å². The molecule has 1 N–H and O–H groups in total. The van der Waals surface area contributed by atoms with Crippen molar-refractivity contribution in [2.24, 2.45) is 0 Å². The summed E-state index contributed by atoms with van der Waals surface area (Å²) in [5.74, 6) is 0. The zero-order chi connectivity index (χ0) is 8.39. The first-order valence-corrected chi connectivity index (χ1v) is 4.85. The summed E-state index contributed by atoms with van der Waals surface area (Å²) in [5.41, 5.74) is 0. The lowest BCUT2D eigenvalue weighted by molar-refractivity contribution is -0.0934. The lowest BCUT2D eigenvalue weighted by atomic mass is 10.0. The smallest absolute Gasteiger partial charge is 0.0773 e. The molecule has 0 bridgehead atoms. The van der Waals surface area contributed by atoms with Crippen LogP contribution >= 0.6 is 0 Å². The van der Waals surface area contributed by atoms with Gasteiger partial charge in [0.25, 0.3) is 0 Å². The molecule has 2 aliphatic rings. The van der Waals surface area contributed by atoms with Crippen LogP contribution in [0.1, 0.15) is 19.8 Å². The second-order valence-corrected chi connectivity index (χ2v) is 3.61. The van der Waals surface area contributed by atoms with E-state index in [0.29, 0.717) is 18.2 Å². The minimum atomic E-state index is 0.404. The molecule has 0 aromatic heterocycles. The molecule has 2 aliphatic heterocycles. The molecule has 70 valence electrons. The molecule has 2 rings (SSSR count). The van der Waals surface area contributed by atoms with E-state index >= 15 is 0 Å². The van der Waals surface area contributed by atoms with Gasteiger partial charge in [0.1, 0.15) is 0 Å². The molecule has 3 atom stereocenters. The van der Waals surface area contributed by atoms with Crippen LogP contribution in [-0.2, 0) is 9.47 Å². The van der Waals surface area contributed by atoms with Gasteiger partial charge in [-0.1, -0.05) is 6.92 Å². The Kier molecular flexibility index (Phi) is 2.63. The molecule has 2 saturated heterocycles. The molecule has 0 spiro atoms. The highest BCUT2D eigenvalue weighted by molar-refractivity contribution is 4.87. The Morgan fingerprint density at radius 3 is 3.17 bits per heavy atom. The number of hydrogen-bond acceptors (Lipinski definition) is 3. The third-order valence-corrected chi connectivity index (χ3v) is 2.75. The van der Waals surface area contributed by atoms with E-state index in [4.69, 9.17) is 9.47 Å². The van der Waals surface area contributed by atoms with Crippen LogP contribution in [0.4, 0.5) is 0 Å². The average molecular weight is 171 g/mol. The fraction of sp³-hybridized carbons (Fsp3) is 1.00. The Bertz CT molecular complexity index is 151. The Morgan fingerprint density at radius 2 is 2.33 bits per heavy atom. The molecule has 2 fully saturated rings. The lowest BCUT2D eigenvalue weighted by Crippen LogP contribution is -2.57. The van der Waals surface area contributed by atoms with Crippen molar-refractivity contribution >= 4 is 0 Å². The van der Waals surface area contributed by atoms with Crippen molar-refractivity contribution in [1.29, 1.82) is 0 Å². The first kappa shape index (κ1) is 8.48. The zero-order valence-corrected chi connectivity index (χ0v) is 7.58. The summed E-state index contributed by atoms with van der Waals surface area (Å²) < 4.78 is 11.1. The maximum Gasteiger partial charge on any atom is 0.0773 e. The van der Waals surface area contributed by atoms with Gasteiger partial charge in [0, 0.05) is 12.6 Å². The summed E-state index contributed by atoms with van der Waals surface area (Å²) in [4.78, 5) is 0. The molecule has 3 unspecified atom stereocenters. The summed E-state index contributed by atoms with van der Waals surface area (Å²) in [6.45, 7) is 4.74. The van der Waals surface area contributed by atoms with Crippen LogP contribution < -0.4 is 5.32 Å². The Balaban J connectivity index is 1.90. The van der Waals surface area contributed by atoms with Gasteiger partial charge in [-0.25, -0.2) is 0 Å². The minimum Gasteiger partial charge on any atom is -0.380 e. The molecule has 0 aromatic carbocycles. The van der Waals surface area contributed by atoms with E-state index in [9.17, 15) is 0 Å². The van der Waals surface area contributed by atoms with Crippen LogP contribution in [0.15, 0.2) is 0 Å². The fourth-order valence-corrected chi connectivity index (χ4v) is 1.90. The Hall–Kier alpha value is -0.120. The Labute approximate surface area is 73.4 Å². The molecule has 2 heterocycles. The van der Waals surface area contributed by atoms with Gasteiger partial charge in [-0.2, -0.15) is 0 Å². The van der Waals surface area contributed by atoms with Crippen molar-refractivity contribution in [3.05, 3.63) is 0 Å². The third-order valence-electron chi connectivity index (χ3n) is 2.75. The quantitative estimate of drug-likeness (QED) is 0.624. The maximum absolute atomic E-state index is 5.74. The molecule has 0 aromatic rings. The second-order valence-electron chi connectivity index (χ2n) is 3.61. The van der Waals surface area contributed by atoms with Gasteiger partial charge in [0.2, 0.25) is 0 Å². The van der Waals surface area contributed by atoms with E-state index < -0.39 is 0 Å². The van der Waals surface area contributed by atoms with Gasteiger partial charge in [-0.3, -0.25) is 0 Å². The Morgan fingerprint density at radius 1 is 1.42 bits per heavy atom. The van der Waals surface area contributed by atoms with Crippen LogP contribution in [0, 0.1) is 0 Å². The molecular formula is C9H17NO2. The van der Waals surface area contributed by atoms with E-state index in [1.807, 2.05) is 0 Å². The average Bonchev–Trinajstić information content (AvgIpc) is 2.17. The molecule has 0 radical (unpaired) electrons. The summed E-state index contributed by atoms with van der Waals surface area (Å²) in [6.07, 6.45) is 2.60. The second kappa shape index (κ2) is 3.73. The lowest BCUT2D eigenvalue weighted by Gasteiger charge is -2.39.